The van der Waals surface area contributed by atoms with Gasteiger partial charge in [-0.05, 0) is 97.7 Å². The summed E-state index contributed by atoms with van der Waals surface area (Å²) < 4.78 is 104. The highest BCUT2D eigenvalue weighted by Gasteiger charge is 2.64. The average molecular weight is 1040 g/mol. The minimum Gasteiger partial charge on any atom is -0.387 e. The van der Waals surface area contributed by atoms with Crippen LogP contribution in [0.3, 0.4) is 0 Å². The van der Waals surface area contributed by atoms with Crippen molar-refractivity contribution in [3.8, 4) is 0 Å². The lowest BCUT2D eigenvalue weighted by molar-refractivity contribution is -0.337. The smallest absolute Gasteiger partial charge is 0.387 e. The van der Waals surface area contributed by atoms with Crippen LogP contribution in [0.1, 0.15) is 105 Å². The molecule has 25 nitrogen and oxygen atoms in total. The van der Waals surface area contributed by atoms with Gasteiger partial charge in [-0.25, -0.2) is 31.9 Å². The minimum absolute atomic E-state index is 0.0137. The Morgan fingerprint density at radius 3 is 1.73 bits per heavy atom. The van der Waals surface area contributed by atoms with Gasteiger partial charge in [0.1, 0.15) is 30.5 Å². The normalized spacial score (nSPS) is 42.1. The van der Waals surface area contributed by atoms with Crippen molar-refractivity contribution in [3.63, 3.8) is 0 Å². The molecule has 0 heterocycles. The number of fused-ring (bicyclic) bond motifs is 5. The molecule has 0 aromatic heterocycles. The summed E-state index contributed by atoms with van der Waals surface area (Å²) in [7, 11) is -38.3. The largest absolute Gasteiger partial charge is 0.490 e. The lowest BCUT2D eigenvalue weighted by atomic mass is 9.47. The van der Waals surface area contributed by atoms with Crippen LogP contribution >= 0.6 is 46.9 Å². The fourth-order valence-corrected chi connectivity index (χ4v) is 19.4. The van der Waals surface area contributed by atoms with Crippen LogP contribution in [0.4, 0.5) is 0 Å². The lowest BCUT2D eigenvalue weighted by Crippen LogP contribution is -2.71. The molecule has 5 aliphatic carbocycles. The summed E-state index contributed by atoms with van der Waals surface area (Å²) in [6.07, 6.45) is -3.72. The summed E-state index contributed by atoms with van der Waals surface area (Å²) in [6.45, 7) is 11.4. The molecular formula is C33H62O25P6. The summed E-state index contributed by atoms with van der Waals surface area (Å²) in [5.41, 5.74) is 0.612. The van der Waals surface area contributed by atoms with Crippen molar-refractivity contribution in [2.75, 3.05) is 0 Å². The van der Waals surface area contributed by atoms with Gasteiger partial charge in [-0.15, -0.1) is 0 Å². The van der Waals surface area contributed by atoms with Crippen molar-refractivity contribution >= 4 is 46.9 Å². The molecule has 5 rings (SSSR count). The summed E-state index contributed by atoms with van der Waals surface area (Å²) >= 11 is 0. The van der Waals surface area contributed by atoms with E-state index in [-0.39, 0.29) is 24.2 Å². The van der Waals surface area contributed by atoms with Gasteiger partial charge in [0, 0.05) is 0 Å². The lowest BCUT2D eigenvalue weighted by Gasteiger charge is -2.58. The zero-order valence-electron chi connectivity index (χ0n) is 35.6. The second-order valence-electron chi connectivity index (χ2n) is 18.7. The molecule has 0 aliphatic heterocycles. The van der Waals surface area contributed by atoms with E-state index in [1.807, 2.05) is 0 Å². The van der Waals surface area contributed by atoms with Gasteiger partial charge in [0.2, 0.25) is 5.79 Å². The fraction of sp³-hybridized carbons (Fsp3) is 0.939. The second kappa shape index (κ2) is 19.5. The maximum atomic E-state index is 14.5. The first-order chi connectivity index (χ1) is 29.0. The quantitative estimate of drug-likeness (QED) is 0.0477. The second-order valence-corrected chi connectivity index (χ2v) is 28.0. The molecule has 0 aromatic carbocycles. The average Bonchev–Trinajstić information content (AvgIpc) is 3.46. The molecule has 0 saturated heterocycles. The molecule has 64 heavy (non-hydrogen) atoms. The maximum absolute atomic E-state index is 14.5. The van der Waals surface area contributed by atoms with Gasteiger partial charge in [-0.2, -0.15) is 21.6 Å². The maximum Gasteiger partial charge on any atom is 0.490 e. The van der Waals surface area contributed by atoms with Crippen molar-refractivity contribution in [2.24, 2.45) is 46.3 Å². The highest BCUT2D eigenvalue weighted by Crippen LogP contribution is 2.77. The molecule has 374 valence electrons. The number of aliphatic hydroxyl groups excluding tert-OH is 5. The van der Waals surface area contributed by atoms with E-state index in [0.717, 1.165) is 31.3 Å². The van der Waals surface area contributed by atoms with Crippen LogP contribution < -0.4 is 0 Å². The number of phosphoric acid groups is 6. The zero-order chi connectivity index (χ0) is 48.4. The molecule has 5 aliphatic rings. The molecule has 31 heteroatoms. The number of hydrogen-bond donors (Lipinski definition) is 12. The predicted octanol–water partition coefficient (Wildman–Crippen LogP) is 4.62. The number of hydrogen-bond acceptors (Lipinski definition) is 19. The Morgan fingerprint density at radius 1 is 0.672 bits per heavy atom. The van der Waals surface area contributed by atoms with Gasteiger partial charge in [0.15, 0.2) is 0 Å². The summed E-state index contributed by atoms with van der Waals surface area (Å²) in [6, 6.07) is 0. The van der Waals surface area contributed by atoms with Crippen LogP contribution in [0.25, 0.3) is 0 Å². The molecule has 4 fully saturated rings. The Balaban J connectivity index is 1.37. The highest BCUT2D eigenvalue weighted by atomic mass is 31.3. The molecule has 0 amide bonds. The van der Waals surface area contributed by atoms with E-state index < -0.39 is 94.8 Å². The zero-order valence-corrected chi connectivity index (χ0v) is 41.0. The Kier molecular flexibility index (Phi) is 16.9. The molecular weight excluding hydrogens is 982 g/mol. The van der Waals surface area contributed by atoms with Crippen molar-refractivity contribution < 1.29 is 118 Å². The third-order valence-electron chi connectivity index (χ3n) is 14.0. The third kappa shape index (κ3) is 12.4. The molecule has 5 unspecified atom stereocenters. The summed E-state index contributed by atoms with van der Waals surface area (Å²) in [4.78, 5) is 56.9. The van der Waals surface area contributed by atoms with E-state index in [1.54, 1.807) is 0 Å². The number of allylic oxidation sites excluding steroid dienone is 1. The molecule has 19 atom stereocenters. The third-order valence-corrected chi connectivity index (χ3v) is 23.3. The van der Waals surface area contributed by atoms with Crippen molar-refractivity contribution in [1.29, 1.82) is 0 Å². The van der Waals surface area contributed by atoms with Gasteiger partial charge < -0.3 is 60.0 Å². The first kappa shape index (κ1) is 55.3. The Labute approximate surface area is 369 Å². The van der Waals surface area contributed by atoms with Crippen LogP contribution in [-0.2, 0) is 58.0 Å². The van der Waals surface area contributed by atoms with Gasteiger partial charge in [-0.1, -0.05) is 65.5 Å². The number of phosphoric ester groups is 1. The molecule has 0 bridgehead atoms. The molecule has 0 radical (unpaired) electrons. The van der Waals surface area contributed by atoms with Gasteiger partial charge in [0.05, 0.1) is 6.10 Å². The topological polar surface area (TPSA) is 410 Å². The van der Waals surface area contributed by atoms with E-state index in [9.17, 15) is 77.6 Å². The molecule has 12 N–H and O–H groups in total. The SMILES string of the molecule is CC(C)CCC[C@@H](C)[C@H]1CC[C@H]2[C@@H]3CC=C4C[C@@H](OP(=O)(O[C@]5(O)[C@H](O)[C@H](O)[C@@H](O)[C@H](O)[C@H]5O)OP(=O)(O)OP(=O)(O)OP(=O)(O)OP(=O)(O)OP(=O)(O)O)CC[C@]4(C)[C@H]3CC[C@]12C. The first-order valence-corrected chi connectivity index (χ1v) is 29.7. The van der Waals surface area contributed by atoms with Gasteiger partial charge >= 0.3 is 46.9 Å². The number of rotatable bonds is 19. The van der Waals surface area contributed by atoms with Gasteiger partial charge in [-0.3, -0.25) is 4.52 Å². The van der Waals surface area contributed by atoms with Crippen LogP contribution in [0, 0.1) is 46.3 Å². The van der Waals surface area contributed by atoms with E-state index in [4.69, 9.17) is 18.8 Å². The standard InChI is InChI=1S/C33H62O25P6/c1-18(2)7-6-8-19(3)23-11-12-24-22-10-9-20-17-21(13-15-31(20,4)25(22)14-16-32(23,24)5)52-64(51,53-33(39)29(37)27(35)26(34)28(36)30(33)38)58-63(49,50)57-62(47,48)56-61(45,46)55-60(43,44)54-59(40,41)42/h9,18-19,21-30,34-39H,6-8,10-17H2,1-5H3,(H,43,44)(H,45,46)(H,47,48)(H,49,50)(H2,40,41,42)/t19-,21+,22+,23-,24+,25+,26-,27-,28+,29-,30-,31+,32-,33-,64?/m1/s1. The number of aliphatic hydroxyl groups is 6. The van der Waals surface area contributed by atoms with Crippen LogP contribution in [0.5, 0.6) is 0 Å². The van der Waals surface area contributed by atoms with E-state index in [1.165, 1.54) is 19.3 Å². The minimum atomic E-state index is -6.66. The predicted molar refractivity (Wildman–Crippen MR) is 218 cm³/mol. The van der Waals surface area contributed by atoms with E-state index in [2.05, 4.69) is 62.2 Å². The molecule has 4 saturated carbocycles. The van der Waals surface area contributed by atoms with Crippen LogP contribution in [0.2, 0.25) is 0 Å². The van der Waals surface area contributed by atoms with Crippen LogP contribution in [0.15, 0.2) is 11.6 Å². The monoisotopic (exact) mass is 1040 g/mol. The highest BCUT2D eigenvalue weighted by molar-refractivity contribution is 7.72. The fourth-order valence-electron chi connectivity index (χ4n) is 11.2. The Bertz CT molecular complexity index is 2010. The van der Waals surface area contributed by atoms with Gasteiger partial charge in [0.25, 0.3) is 0 Å². The first-order valence-electron chi connectivity index (χ1n) is 20.7. The molecule has 0 spiro atoms. The van der Waals surface area contributed by atoms with E-state index in [0.29, 0.717) is 42.4 Å². The van der Waals surface area contributed by atoms with Crippen molar-refractivity contribution in [2.45, 2.75) is 148 Å². The summed E-state index contributed by atoms with van der Waals surface area (Å²) in [5.74, 6) is -0.983. The Morgan fingerprint density at radius 2 is 1.20 bits per heavy atom. The summed E-state index contributed by atoms with van der Waals surface area (Å²) in [5, 5.41) is 63.1. The van der Waals surface area contributed by atoms with Crippen molar-refractivity contribution in [3.05, 3.63) is 11.6 Å². The Hall–Kier alpha value is 0.360. The molecule has 0 aromatic rings. The van der Waals surface area contributed by atoms with Crippen LogP contribution in [-0.4, -0.2) is 102 Å². The van der Waals surface area contributed by atoms with E-state index >= 15 is 0 Å². The van der Waals surface area contributed by atoms with Crippen molar-refractivity contribution in [1.82, 2.24) is 0 Å².